The zero-order valence-corrected chi connectivity index (χ0v) is 10.2. The molecule has 88 valence electrons. The molecule has 0 aliphatic carbocycles. The molecule has 1 amide bonds. The summed E-state index contributed by atoms with van der Waals surface area (Å²) in [5.41, 5.74) is 0.469. The minimum absolute atomic E-state index is 0.120. The molecule has 1 N–H and O–H groups in total. The Bertz CT molecular complexity index is 393. The van der Waals surface area contributed by atoms with Gasteiger partial charge in [-0.25, -0.2) is 0 Å². The van der Waals surface area contributed by atoms with Gasteiger partial charge in [0.2, 0.25) is 5.91 Å². The predicted octanol–water partition coefficient (Wildman–Crippen LogP) is 2.71. The quantitative estimate of drug-likeness (QED) is 0.885. The Hall–Kier alpha value is -1.42. The van der Waals surface area contributed by atoms with Gasteiger partial charge in [0.1, 0.15) is 17.2 Å². The number of benzene rings is 1. The topological polar surface area (TPSA) is 47.6 Å². The molecule has 0 unspecified atom stereocenters. The Morgan fingerprint density at radius 1 is 1.38 bits per heavy atom. The maximum absolute atomic E-state index is 11.3. The van der Waals surface area contributed by atoms with E-state index in [1.165, 1.54) is 14.2 Å². The fourth-order valence-corrected chi connectivity index (χ4v) is 1.43. The SMILES string of the molecule is CCC(=O)Nc1c(Cl)cc(OC)cc1OC. The molecule has 0 fully saturated rings. The Balaban J connectivity index is 3.11. The van der Waals surface area contributed by atoms with Crippen molar-refractivity contribution in [3.63, 3.8) is 0 Å². The maximum atomic E-state index is 11.3. The first-order valence-corrected chi connectivity index (χ1v) is 5.21. The van der Waals surface area contributed by atoms with Crippen molar-refractivity contribution >= 4 is 23.2 Å². The molecule has 0 heterocycles. The second kappa shape index (κ2) is 5.61. The van der Waals surface area contributed by atoms with E-state index in [2.05, 4.69) is 5.32 Å². The Kier molecular flexibility index (Phi) is 4.43. The van der Waals surface area contributed by atoms with Crippen molar-refractivity contribution < 1.29 is 14.3 Å². The van der Waals surface area contributed by atoms with Crippen LogP contribution in [0.1, 0.15) is 13.3 Å². The highest BCUT2D eigenvalue weighted by molar-refractivity contribution is 6.34. The summed E-state index contributed by atoms with van der Waals surface area (Å²) in [4.78, 5) is 11.3. The Labute approximate surface area is 99.5 Å². The lowest BCUT2D eigenvalue weighted by Gasteiger charge is -2.13. The van der Waals surface area contributed by atoms with E-state index in [9.17, 15) is 4.79 Å². The van der Waals surface area contributed by atoms with Crippen LogP contribution in [0.15, 0.2) is 12.1 Å². The van der Waals surface area contributed by atoms with Crippen LogP contribution in [0.5, 0.6) is 11.5 Å². The van der Waals surface area contributed by atoms with Crippen LogP contribution in [0.2, 0.25) is 5.02 Å². The third kappa shape index (κ3) is 2.79. The van der Waals surface area contributed by atoms with Gasteiger partial charge in [0, 0.05) is 18.6 Å². The van der Waals surface area contributed by atoms with Crippen LogP contribution < -0.4 is 14.8 Å². The summed E-state index contributed by atoms with van der Waals surface area (Å²) in [6, 6.07) is 3.28. The van der Waals surface area contributed by atoms with Gasteiger partial charge >= 0.3 is 0 Å². The second-order valence-electron chi connectivity index (χ2n) is 3.09. The van der Waals surface area contributed by atoms with Crippen LogP contribution in [0.25, 0.3) is 0 Å². The van der Waals surface area contributed by atoms with Crippen LogP contribution in [-0.4, -0.2) is 20.1 Å². The summed E-state index contributed by atoms with van der Waals surface area (Å²) in [6.07, 6.45) is 0.380. The highest BCUT2D eigenvalue weighted by Gasteiger charge is 2.12. The van der Waals surface area contributed by atoms with Crippen molar-refractivity contribution in [1.29, 1.82) is 0 Å². The molecule has 0 saturated heterocycles. The average Bonchev–Trinajstić information content (AvgIpc) is 2.30. The first-order chi connectivity index (χ1) is 7.62. The predicted molar refractivity (Wildman–Crippen MR) is 63.5 cm³/mol. The molecule has 0 spiro atoms. The van der Waals surface area contributed by atoms with Crippen molar-refractivity contribution in [2.75, 3.05) is 19.5 Å². The lowest BCUT2D eigenvalue weighted by Crippen LogP contribution is -2.11. The molecule has 5 heteroatoms. The summed E-state index contributed by atoms with van der Waals surface area (Å²) in [7, 11) is 3.04. The number of carbonyl (C=O) groups is 1. The van der Waals surface area contributed by atoms with E-state index >= 15 is 0 Å². The Morgan fingerprint density at radius 3 is 2.56 bits per heavy atom. The smallest absolute Gasteiger partial charge is 0.224 e. The number of ether oxygens (including phenoxy) is 2. The first-order valence-electron chi connectivity index (χ1n) is 4.83. The zero-order chi connectivity index (χ0) is 12.1. The van der Waals surface area contributed by atoms with Crippen LogP contribution in [0.4, 0.5) is 5.69 Å². The number of methoxy groups -OCH3 is 2. The fraction of sp³-hybridized carbons (Fsp3) is 0.364. The Morgan fingerprint density at radius 2 is 2.06 bits per heavy atom. The van der Waals surface area contributed by atoms with Crippen molar-refractivity contribution in [1.82, 2.24) is 0 Å². The molecule has 0 aromatic heterocycles. The molecule has 4 nitrogen and oxygen atoms in total. The number of halogens is 1. The van der Waals surface area contributed by atoms with E-state index in [1.54, 1.807) is 19.1 Å². The van der Waals surface area contributed by atoms with Gasteiger partial charge in [0.05, 0.1) is 19.2 Å². The molecule has 16 heavy (non-hydrogen) atoms. The number of hydrogen-bond donors (Lipinski definition) is 1. The van der Waals surface area contributed by atoms with E-state index in [0.29, 0.717) is 28.6 Å². The molecule has 1 aromatic carbocycles. The minimum Gasteiger partial charge on any atom is -0.497 e. The minimum atomic E-state index is -0.120. The monoisotopic (exact) mass is 243 g/mol. The number of rotatable bonds is 4. The molecule has 0 bridgehead atoms. The molecule has 0 saturated carbocycles. The van der Waals surface area contributed by atoms with Crippen molar-refractivity contribution in [3.05, 3.63) is 17.2 Å². The normalized spacial score (nSPS) is 9.75. The van der Waals surface area contributed by atoms with Crippen molar-refractivity contribution in [2.24, 2.45) is 0 Å². The lowest BCUT2D eigenvalue weighted by atomic mass is 10.2. The highest BCUT2D eigenvalue weighted by Crippen LogP contribution is 2.36. The molecule has 1 rings (SSSR count). The van der Waals surface area contributed by atoms with E-state index in [-0.39, 0.29) is 5.91 Å². The molecule has 0 atom stereocenters. The zero-order valence-electron chi connectivity index (χ0n) is 9.46. The third-order valence-electron chi connectivity index (χ3n) is 2.07. The van der Waals surface area contributed by atoms with Crippen LogP contribution in [-0.2, 0) is 4.79 Å². The lowest BCUT2D eigenvalue weighted by molar-refractivity contribution is -0.115. The van der Waals surface area contributed by atoms with E-state index < -0.39 is 0 Å². The number of nitrogens with one attached hydrogen (secondary N) is 1. The van der Waals surface area contributed by atoms with Crippen molar-refractivity contribution in [2.45, 2.75) is 13.3 Å². The van der Waals surface area contributed by atoms with E-state index in [4.69, 9.17) is 21.1 Å². The van der Waals surface area contributed by atoms with Crippen LogP contribution in [0.3, 0.4) is 0 Å². The summed E-state index contributed by atoms with van der Waals surface area (Å²) in [5, 5.41) is 3.07. The molecule has 0 aliphatic heterocycles. The number of hydrogen-bond acceptors (Lipinski definition) is 3. The standard InChI is InChI=1S/C11H14ClNO3/c1-4-10(14)13-11-8(12)5-7(15-2)6-9(11)16-3/h5-6H,4H2,1-3H3,(H,13,14). The van der Waals surface area contributed by atoms with Crippen LogP contribution in [0, 0.1) is 0 Å². The third-order valence-corrected chi connectivity index (χ3v) is 2.37. The maximum Gasteiger partial charge on any atom is 0.224 e. The van der Waals surface area contributed by atoms with Gasteiger partial charge in [-0.15, -0.1) is 0 Å². The van der Waals surface area contributed by atoms with Crippen LogP contribution >= 0.6 is 11.6 Å². The highest BCUT2D eigenvalue weighted by atomic mass is 35.5. The molecular weight excluding hydrogens is 230 g/mol. The van der Waals surface area contributed by atoms with Gasteiger partial charge < -0.3 is 14.8 Å². The number of amides is 1. The molecule has 0 radical (unpaired) electrons. The number of carbonyl (C=O) groups excluding carboxylic acids is 1. The summed E-state index contributed by atoms with van der Waals surface area (Å²) in [5.74, 6) is 0.938. The van der Waals surface area contributed by atoms with Gasteiger partial charge in [0.15, 0.2) is 0 Å². The molecular formula is C11H14ClNO3. The second-order valence-corrected chi connectivity index (χ2v) is 3.50. The molecule has 1 aromatic rings. The molecule has 0 aliphatic rings. The number of anilines is 1. The van der Waals surface area contributed by atoms with Gasteiger partial charge in [0.25, 0.3) is 0 Å². The van der Waals surface area contributed by atoms with Gasteiger partial charge in [-0.2, -0.15) is 0 Å². The summed E-state index contributed by atoms with van der Waals surface area (Å²) < 4.78 is 10.2. The van der Waals surface area contributed by atoms with E-state index in [1.807, 2.05) is 0 Å². The van der Waals surface area contributed by atoms with Gasteiger partial charge in [-0.1, -0.05) is 18.5 Å². The van der Waals surface area contributed by atoms with Crippen molar-refractivity contribution in [3.8, 4) is 11.5 Å². The summed E-state index contributed by atoms with van der Waals surface area (Å²) >= 11 is 6.02. The van der Waals surface area contributed by atoms with E-state index in [0.717, 1.165) is 0 Å². The average molecular weight is 244 g/mol. The van der Waals surface area contributed by atoms with Gasteiger partial charge in [-0.3, -0.25) is 4.79 Å². The largest absolute Gasteiger partial charge is 0.497 e. The summed E-state index contributed by atoms with van der Waals surface area (Å²) in [6.45, 7) is 1.76. The van der Waals surface area contributed by atoms with Gasteiger partial charge in [-0.05, 0) is 0 Å². The fourth-order valence-electron chi connectivity index (χ4n) is 1.19. The first kappa shape index (κ1) is 12.6.